The van der Waals surface area contributed by atoms with Crippen LogP contribution in [0.3, 0.4) is 0 Å². The van der Waals surface area contributed by atoms with E-state index in [1.165, 1.54) is 117 Å². The van der Waals surface area contributed by atoms with Gasteiger partial charge in [0.05, 0.1) is 148 Å². The molecular weight excluding hydrogens is 2120 g/mol. The molecule has 4 aliphatic carbocycles. The van der Waals surface area contributed by atoms with Gasteiger partial charge in [-0.15, -0.1) is 5.10 Å². The van der Waals surface area contributed by atoms with Crippen LogP contribution in [0.5, 0.6) is 0 Å². The Hall–Kier alpha value is -11.1. The van der Waals surface area contributed by atoms with Crippen LogP contribution in [0.15, 0.2) is 183 Å². The van der Waals surface area contributed by atoms with Crippen molar-refractivity contribution >= 4 is 114 Å². The van der Waals surface area contributed by atoms with E-state index in [-0.39, 0.29) is 123 Å². The Morgan fingerprint density at radius 1 is 0.500 bits per heavy atom. The number of hydrogen-bond acceptors (Lipinski definition) is 22. The number of aliphatic hydroxyl groups excluding tert-OH is 5. The van der Waals surface area contributed by atoms with Crippen molar-refractivity contribution in [1.29, 1.82) is 0 Å². The maximum atomic E-state index is 14.8. The number of nitrogens with one attached hydrogen (secondary N) is 2. The third-order valence-corrected chi connectivity index (χ3v) is 25.1. The molecule has 4 saturated carbocycles. The van der Waals surface area contributed by atoms with E-state index in [0.717, 1.165) is 117 Å². The van der Waals surface area contributed by atoms with E-state index in [1.807, 2.05) is 68.5 Å². The van der Waals surface area contributed by atoms with Gasteiger partial charge in [0.1, 0.15) is 52.2 Å². The number of methoxy groups -OCH3 is 3. The number of rotatable bonds is 25. The molecular formula is C101H108BBr4F7N14NaO14. The van der Waals surface area contributed by atoms with E-state index in [1.54, 1.807) is 73.2 Å². The summed E-state index contributed by atoms with van der Waals surface area (Å²) in [6.07, 6.45) is 30.4. The third-order valence-electron chi connectivity index (χ3n) is 22.2. The molecule has 0 unspecified atom stereocenters. The summed E-state index contributed by atoms with van der Waals surface area (Å²) >= 11 is 12.7. The minimum Gasteiger partial charge on any atom is -1.00 e. The monoisotopic (exact) mass is 2220 g/mol. The molecule has 1 atom stereocenters. The number of imidazole rings is 4. The van der Waals surface area contributed by atoms with E-state index >= 15 is 0 Å². The van der Waals surface area contributed by atoms with Gasteiger partial charge in [-0.2, -0.15) is 0 Å². The number of aldehydes is 2. The fraction of sp³-hybridized carbons (Fsp3) is 0.327. The second kappa shape index (κ2) is 57.4. The second-order valence-electron chi connectivity index (χ2n) is 32.5. The number of tetrazole rings is 1. The summed E-state index contributed by atoms with van der Waals surface area (Å²) in [6.45, 7) is 14.4. The molecule has 0 aliphatic heterocycles. The number of esters is 3. The number of pyridine rings is 1. The van der Waals surface area contributed by atoms with Crippen LogP contribution in [0.4, 0.5) is 36.6 Å². The Morgan fingerprint density at radius 2 is 0.894 bits per heavy atom. The minimum atomic E-state index is -0.777. The summed E-state index contributed by atoms with van der Waals surface area (Å²) in [5.41, 5.74) is 13.0. The van der Waals surface area contributed by atoms with Crippen molar-refractivity contribution in [2.45, 2.75) is 189 Å². The SMILES string of the molecule is CC=C(C)C.CCc1cc(F)c(C(=O)OC)cc1Br.CCc1cc(F)c(C=O)cc1-n1cnc(C2CC2)c1.CCc1cc(F)c(CO)cc1-n1cnc(C2CC2)c1.CCc1cc(F)c(CO)cc1Br.COC(=O)c1cc(Br)c(C=O)cc1F.COC(=O)c1cc(Br)c(CO)cc1F.C[C@H](CO)n1nnnc1-c1cccc(NC(=O)c2cc(-n3cnc(C4CC4)c3)c(CO)cc2F)n1.[B].[H-].[Na+].c1ncc(C2CC2)[nH]1. The zero-order valence-electron chi connectivity index (χ0n) is 81.1. The van der Waals surface area contributed by atoms with Gasteiger partial charge in [0.25, 0.3) is 5.91 Å². The van der Waals surface area contributed by atoms with Crippen LogP contribution < -0.4 is 34.9 Å². The van der Waals surface area contributed by atoms with Crippen LogP contribution in [0.2, 0.25) is 0 Å². The molecule has 17 rings (SSSR count). The first-order chi connectivity index (χ1) is 67.1. The van der Waals surface area contributed by atoms with Gasteiger partial charge < -0.3 is 65.2 Å². The fourth-order valence-electron chi connectivity index (χ4n) is 13.3. The summed E-state index contributed by atoms with van der Waals surface area (Å²) in [5, 5.41) is 60.0. The van der Waals surface area contributed by atoms with Crippen LogP contribution >= 0.6 is 63.7 Å². The maximum absolute atomic E-state index is 14.8. The molecule has 0 saturated heterocycles. The number of halogens is 11. The van der Waals surface area contributed by atoms with Crippen molar-refractivity contribution in [3.63, 3.8) is 0 Å². The number of anilines is 1. The van der Waals surface area contributed by atoms with Crippen LogP contribution in [-0.4, -0.2) is 162 Å². The van der Waals surface area contributed by atoms with Crippen LogP contribution in [0.1, 0.15) is 267 Å². The van der Waals surface area contributed by atoms with Gasteiger partial charge >= 0.3 is 47.5 Å². The standard InChI is InChI=1S/C23H23FN8O3.C15H17FN2O.C15H15FN2O.C10H10BrFO2.C9H8BrFO3.C9H6BrFO3.C9H10BrFO.C6H8N2.C5H10.B.Na.H/c1-13(10-33)32-22(28-29-30-32)18-3-2-4-21(26-18)27-23(35)16-8-20(15(11-34)7-17(16)24)31-9-19(25-12-31)14-5-6-14;2*1-2-10-5-13(16)12(8-19)6-15(10)18-7-14(17-9-18)11-3-4-11;1-3-6-4-9(12)7(5-8(6)11)10(13)14-2;2*1-14-9(13)6-3-7(10)5(4-12)2-8(6)11;1-2-6-4-9(11)7(5-12)3-8(6)10;1-2-5(1)6-3-7-4-8-6;1-4-5(2)3;;;/h2-4,7-9,12-14,33-34H,5-6,10-11H2,1H3,(H,26,27,35);5-7,9,11,19H,2-4,8H2,1H3;5-9,11H,2-4H2,1H3;4-5H,3H2,1-2H3;2-3,12H,4H2,1H3;2-4H,1H3;3-4,12H,2,5H2,1H3;3-5H,1-2H2,(H,7,8);4H,1-3H3;;;/q;;;;;;;;;;+1;-1/t13-;;;;;;;;;;;/m1.........../s1. The normalized spacial score (nSPS) is 12.6. The average molecular weight is 2230 g/mol. The number of aromatic nitrogens is 13. The molecule has 7 N–H and O–H groups in total. The zero-order valence-corrected chi connectivity index (χ0v) is 88.4. The number of hydrogen-bond donors (Lipinski definition) is 7. The van der Waals surface area contributed by atoms with Crippen molar-refractivity contribution in [1.82, 2.24) is 63.8 Å². The number of aliphatic hydroxyl groups is 5. The second-order valence-corrected chi connectivity index (χ2v) is 35.9. The predicted molar refractivity (Wildman–Crippen MR) is 532 cm³/mol. The van der Waals surface area contributed by atoms with E-state index < -0.39 is 59.5 Å². The Labute approximate surface area is 876 Å². The van der Waals surface area contributed by atoms with Crippen LogP contribution in [0, 0.1) is 40.7 Å². The first-order valence-electron chi connectivity index (χ1n) is 44.5. The van der Waals surface area contributed by atoms with E-state index in [2.05, 4.69) is 149 Å². The van der Waals surface area contributed by atoms with E-state index in [9.17, 15) is 74.8 Å². The summed E-state index contributed by atoms with van der Waals surface area (Å²) in [4.78, 5) is 92.0. The van der Waals surface area contributed by atoms with Gasteiger partial charge in [-0.25, -0.2) is 74.7 Å². The molecule has 7 aromatic carbocycles. The number of allylic oxidation sites excluding steroid dienone is 2. The molecule has 6 heterocycles. The fourth-order valence-corrected chi connectivity index (χ4v) is 15.5. The van der Waals surface area contributed by atoms with E-state index in [4.69, 9.17) is 10.2 Å². The number of aromatic amines is 1. The maximum Gasteiger partial charge on any atom is 1.00 e. The first-order valence-corrected chi connectivity index (χ1v) is 47.7. The Balaban J connectivity index is 0.000000256. The van der Waals surface area contributed by atoms with E-state index in [0.29, 0.717) is 91.6 Å². The third kappa shape index (κ3) is 32.9. The summed E-state index contributed by atoms with van der Waals surface area (Å²) in [7, 11) is 3.56. The zero-order chi connectivity index (χ0) is 102. The molecule has 0 spiro atoms. The van der Waals surface area contributed by atoms with Gasteiger partial charge in [0, 0.05) is 103 Å². The first kappa shape index (κ1) is 118. The molecule has 41 heteroatoms. The molecule has 13 aromatic rings. The number of ether oxygens (including phenoxy) is 3. The molecule has 3 radical (unpaired) electrons. The molecule has 142 heavy (non-hydrogen) atoms. The molecule has 747 valence electrons. The van der Waals surface area contributed by atoms with Crippen molar-refractivity contribution in [2.24, 2.45) is 0 Å². The number of carbonyl (C=O) groups is 6. The number of benzene rings is 7. The average Bonchev–Trinajstić information content (AvgIpc) is 1.61. The summed E-state index contributed by atoms with van der Waals surface area (Å²) < 4.78 is 117. The minimum absolute atomic E-state index is 0. The molecule has 28 nitrogen and oxygen atoms in total. The number of nitrogens with zero attached hydrogens (tertiary/aromatic N) is 12. The Morgan fingerprint density at radius 3 is 1.32 bits per heavy atom. The molecule has 0 bridgehead atoms. The van der Waals surface area contributed by atoms with Crippen molar-refractivity contribution in [2.75, 3.05) is 33.3 Å². The van der Waals surface area contributed by atoms with Gasteiger partial charge in [-0.3, -0.25) is 14.4 Å². The van der Waals surface area contributed by atoms with Crippen LogP contribution in [0.25, 0.3) is 28.6 Å². The Bertz CT molecular complexity index is 6400. The number of amides is 1. The van der Waals surface area contributed by atoms with Crippen molar-refractivity contribution < 1.29 is 130 Å². The molecule has 4 fully saturated rings. The number of carbonyl (C=O) groups excluding carboxylic acids is 6. The predicted octanol–water partition coefficient (Wildman–Crippen LogP) is 18.1. The van der Waals surface area contributed by atoms with Gasteiger partial charge in [-0.1, -0.05) is 109 Å². The topological polar surface area (TPSA) is 382 Å². The number of H-pyrrole nitrogens is 1. The van der Waals surface area contributed by atoms with Gasteiger partial charge in [0.15, 0.2) is 12.6 Å². The van der Waals surface area contributed by atoms with Crippen molar-refractivity contribution in [3.05, 3.63) is 324 Å². The number of aryl methyl sites for hydroxylation is 4. The summed E-state index contributed by atoms with van der Waals surface area (Å²) in [6, 6.07) is 23.7. The quantitative estimate of drug-likeness (QED) is 0.00698. The van der Waals surface area contributed by atoms with Gasteiger partial charge in [-0.05, 0) is 240 Å². The smallest absolute Gasteiger partial charge is 1.00 e. The van der Waals surface area contributed by atoms with Gasteiger partial charge in [0.2, 0.25) is 5.82 Å². The Kier molecular flexibility index (Phi) is 47.6. The van der Waals surface area contributed by atoms with Crippen molar-refractivity contribution in [3.8, 4) is 28.6 Å². The molecule has 4 aliphatic rings. The summed E-state index contributed by atoms with van der Waals surface area (Å²) in [5.74, 6) is -3.91. The molecule has 6 aromatic heterocycles. The van der Waals surface area contributed by atoms with Crippen LogP contribution in [-0.2, 0) is 66.3 Å². The largest absolute Gasteiger partial charge is 1.00 e. The molecule has 1 amide bonds.